The van der Waals surface area contributed by atoms with E-state index in [1.807, 2.05) is 63.6 Å². The molecule has 3 fully saturated rings. The van der Waals surface area contributed by atoms with Crippen LogP contribution >= 0.6 is 55.1 Å². The van der Waals surface area contributed by atoms with Crippen LogP contribution in [0, 0.1) is 11.8 Å². The lowest BCUT2D eigenvalue weighted by atomic mass is 9.88. The fourth-order valence-corrected chi connectivity index (χ4v) is 8.94. The standard InChI is InChI=1S/C22H25BrClN5.C19H21BrClN5/c23-18-14-26-29-21(12-20(27-22(18)29)17-6-1-2-7-19(17)24)25-13-15-8-10-28(11-9-15)16-4-3-5-16;1-25-8-6-13(7-9-25)11-22-18-10-17(14-4-2-3-5-16(14)21)24-19-15(20)12-23-26(18)19/h1-2,6-7,12,14-16,25H,3-5,8-11,13H2;2-5,10,12-13,22H,6-9,11H2,1H3. The molecule has 0 radical (unpaired) electrons. The molecule has 2 N–H and O–H groups in total. The number of likely N-dealkylation sites (tertiary alicyclic amines) is 2. The predicted molar refractivity (Wildman–Crippen MR) is 231 cm³/mol. The van der Waals surface area contributed by atoms with Crippen LogP contribution in [0.2, 0.25) is 10.0 Å². The van der Waals surface area contributed by atoms with E-state index in [0.717, 1.165) is 86.6 Å². The second-order valence-corrected chi connectivity index (χ2v) is 17.6. The topological polar surface area (TPSA) is 90.9 Å². The summed E-state index contributed by atoms with van der Waals surface area (Å²) in [5.74, 6) is 3.26. The highest BCUT2D eigenvalue weighted by Gasteiger charge is 2.29. The zero-order valence-electron chi connectivity index (χ0n) is 30.9. The Hall–Kier alpha value is -3.26. The first kappa shape index (κ1) is 38.6. The fourth-order valence-electron chi connectivity index (χ4n) is 7.78. The van der Waals surface area contributed by atoms with Crippen molar-refractivity contribution >= 4 is 78.0 Å². The Morgan fingerprint density at radius 3 is 1.55 bits per heavy atom. The summed E-state index contributed by atoms with van der Waals surface area (Å²) in [6, 6.07) is 20.6. The molecule has 2 aliphatic heterocycles. The number of nitrogens with one attached hydrogen (secondary N) is 2. The highest BCUT2D eigenvalue weighted by Crippen LogP contribution is 2.33. The van der Waals surface area contributed by atoms with Crippen LogP contribution in [-0.4, -0.2) is 91.4 Å². The lowest BCUT2D eigenvalue weighted by Gasteiger charge is -2.41. The predicted octanol–water partition coefficient (Wildman–Crippen LogP) is 10.1. The van der Waals surface area contributed by atoms with E-state index in [1.54, 1.807) is 12.4 Å². The second-order valence-electron chi connectivity index (χ2n) is 15.0. The van der Waals surface area contributed by atoms with Crippen LogP contribution in [0.1, 0.15) is 44.9 Å². The Labute approximate surface area is 349 Å². The first-order chi connectivity index (χ1) is 26.8. The molecule has 3 aliphatic rings. The van der Waals surface area contributed by atoms with Gasteiger partial charge in [0, 0.05) is 52.4 Å². The number of aromatic nitrogens is 6. The van der Waals surface area contributed by atoms with Gasteiger partial charge in [0.2, 0.25) is 0 Å². The van der Waals surface area contributed by atoms with E-state index in [0.29, 0.717) is 21.9 Å². The van der Waals surface area contributed by atoms with Crippen molar-refractivity contribution in [1.82, 2.24) is 39.0 Å². The number of halogens is 4. The molecule has 10 nitrogen and oxygen atoms in total. The molecule has 0 atom stereocenters. The monoisotopic (exact) mass is 906 g/mol. The van der Waals surface area contributed by atoms with Crippen LogP contribution in [0.5, 0.6) is 0 Å². The minimum atomic E-state index is 0.678. The molecule has 288 valence electrons. The molecule has 55 heavy (non-hydrogen) atoms. The molecule has 2 saturated heterocycles. The third-order valence-electron chi connectivity index (χ3n) is 11.4. The molecule has 4 aromatic heterocycles. The average Bonchev–Trinajstić information content (AvgIpc) is 3.75. The lowest BCUT2D eigenvalue weighted by Crippen LogP contribution is -2.45. The maximum Gasteiger partial charge on any atom is 0.172 e. The Balaban J connectivity index is 0.000000156. The van der Waals surface area contributed by atoms with Crippen LogP contribution in [0.3, 0.4) is 0 Å². The summed E-state index contributed by atoms with van der Waals surface area (Å²) in [4.78, 5) is 14.6. The summed E-state index contributed by atoms with van der Waals surface area (Å²) >= 11 is 19.9. The minimum Gasteiger partial charge on any atom is -0.370 e. The number of hydrogen-bond acceptors (Lipinski definition) is 8. The van der Waals surface area contributed by atoms with Gasteiger partial charge in [0.25, 0.3) is 0 Å². The van der Waals surface area contributed by atoms with Gasteiger partial charge in [-0.05, 0) is 128 Å². The maximum absolute atomic E-state index is 6.43. The quantitative estimate of drug-likeness (QED) is 0.148. The van der Waals surface area contributed by atoms with E-state index in [1.165, 1.54) is 58.0 Å². The number of hydrogen-bond donors (Lipinski definition) is 2. The van der Waals surface area contributed by atoms with Crippen LogP contribution in [0.4, 0.5) is 11.6 Å². The highest BCUT2D eigenvalue weighted by atomic mass is 79.9. The van der Waals surface area contributed by atoms with E-state index >= 15 is 0 Å². The summed E-state index contributed by atoms with van der Waals surface area (Å²) in [6.45, 7) is 6.69. The first-order valence-electron chi connectivity index (χ1n) is 19.3. The molecule has 9 rings (SSSR count). The Morgan fingerprint density at radius 1 is 0.655 bits per heavy atom. The molecule has 1 aliphatic carbocycles. The molecule has 0 bridgehead atoms. The average molecular weight is 910 g/mol. The third kappa shape index (κ3) is 8.84. The molecule has 6 heterocycles. The van der Waals surface area contributed by atoms with Crippen molar-refractivity contribution in [3.63, 3.8) is 0 Å². The van der Waals surface area contributed by atoms with Crippen LogP contribution in [0.15, 0.2) is 82.0 Å². The van der Waals surface area contributed by atoms with Crippen molar-refractivity contribution in [3.05, 3.63) is 92.0 Å². The molecule has 6 aromatic rings. The second kappa shape index (κ2) is 17.5. The largest absolute Gasteiger partial charge is 0.370 e. The molecule has 14 heteroatoms. The summed E-state index contributed by atoms with van der Waals surface area (Å²) in [5, 5.41) is 17.6. The Bertz CT molecular complexity index is 2240. The number of fused-ring (bicyclic) bond motifs is 2. The van der Waals surface area contributed by atoms with Gasteiger partial charge < -0.3 is 20.4 Å². The van der Waals surface area contributed by atoms with Gasteiger partial charge in [-0.1, -0.05) is 66.0 Å². The van der Waals surface area contributed by atoms with Crippen molar-refractivity contribution < 1.29 is 0 Å². The van der Waals surface area contributed by atoms with Crippen molar-refractivity contribution in [2.75, 3.05) is 56.9 Å². The Kier molecular flexibility index (Phi) is 12.3. The molecule has 0 spiro atoms. The highest BCUT2D eigenvalue weighted by molar-refractivity contribution is 9.11. The summed E-state index contributed by atoms with van der Waals surface area (Å²) in [5.41, 5.74) is 5.13. The van der Waals surface area contributed by atoms with Gasteiger partial charge >= 0.3 is 0 Å². The van der Waals surface area contributed by atoms with E-state index in [9.17, 15) is 0 Å². The molecule has 0 amide bonds. The van der Waals surface area contributed by atoms with Crippen molar-refractivity contribution in [2.45, 2.75) is 51.0 Å². The van der Waals surface area contributed by atoms with Crippen LogP contribution in [-0.2, 0) is 0 Å². The smallest absolute Gasteiger partial charge is 0.172 e. The van der Waals surface area contributed by atoms with Gasteiger partial charge in [0.1, 0.15) is 11.6 Å². The third-order valence-corrected chi connectivity index (χ3v) is 13.2. The van der Waals surface area contributed by atoms with Gasteiger partial charge in [0.15, 0.2) is 11.3 Å². The zero-order chi connectivity index (χ0) is 37.9. The number of piperidine rings is 2. The van der Waals surface area contributed by atoms with Crippen molar-refractivity contribution in [3.8, 4) is 22.5 Å². The number of anilines is 2. The van der Waals surface area contributed by atoms with Crippen molar-refractivity contribution in [2.24, 2.45) is 11.8 Å². The minimum absolute atomic E-state index is 0.678. The molecule has 0 unspecified atom stereocenters. The normalized spacial score (nSPS) is 17.6. The Morgan fingerprint density at radius 2 is 1.11 bits per heavy atom. The van der Waals surface area contributed by atoms with E-state index in [-0.39, 0.29) is 0 Å². The number of nitrogens with zero attached hydrogens (tertiary/aromatic N) is 8. The molecule has 1 saturated carbocycles. The molecule has 2 aromatic carbocycles. The van der Waals surface area contributed by atoms with E-state index < -0.39 is 0 Å². The van der Waals surface area contributed by atoms with Crippen LogP contribution in [0.25, 0.3) is 33.8 Å². The zero-order valence-corrected chi connectivity index (χ0v) is 35.6. The van der Waals surface area contributed by atoms with Gasteiger partial charge in [-0.3, -0.25) is 0 Å². The van der Waals surface area contributed by atoms with Gasteiger partial charge in [-0.25, -0.2) is 9.97 Å². The SMILES string of the molecule is CN1CCC(CNc2cc(-c3ccccc3Cl)nc3c(Br)cnn23)CC1.Clc1ccccc1-c1cc(NCC2CCN(C3CCC3)CC2)n2ncc(Br)c2n1. The van der Waals surface area contributed by atoms with Gasteiger partial charge in [-0.2, -0.15) is 19.2 Å². The van der Waals surface area contributed by atoms with Crippen LogP contribution < -0.4 is 10.6 Å². The first-order valence-corrected chi connectivity index (χ1v) is 21.6. The van der Waals surface area contributed by atoms with Crippen molar-refractivity contribution in [1.29, 1.82) is 0 Å². The summed E-state index contributed by atoms with van der Waals surface area (Å²) in [7, 11) is 2.19. The number of benzene rings is 2. The summed E-state index contributed by atoms with van der Waals surface area (Å²) in [6.07, 6.45) is 12.7. The maximum atomic E-state index is 6.43. The summed E-state index contributed by atoms with van der Waals surface area (Å²) < 4.78 is 5.46. The number of rotatable bonds is 9. The van der Waals surface area contributed by atoms with E-state index in [2.05, 4.69) is 75.6 Å². The van der Waals surface area contributed by atoms with E-state index in [4.69, 9.17) is 33.2 Å². The van der Waals surface area contributed by atoms with Gasteiger partial charge in [-0.15, -0.1) is 0 Å². The molecular formula is C41H46Br2Cl2N10. The lowest BCUT2D eigenvalue weighted by molar-refractivity contribution is 0.0871. The van der Waals surface area contributed by atoms with Gasteiger partial charge in [0.05, 0.1) is 32.7 Å². The fraction of sp³-hybridized carbons (Fsp3) is 0.415. The molecular weight excluding hydrogens is 863 g/mol.